The molecule has 1 aromatic heterocycles. The van der Waals surface area contributed by atoms with Crippen LogP contribution in [0.4, 0.5) is 13.2 Å². The molecule has 0 aliphatic rings. The van der Waals surface area contributed by atoms with Gasteiger partial charge >= 0.3 is 6.18 Å². The first-order valence-electron chi connectivity index (χ1n) is 4.11. The van der Waals surface area contributed by atoms with Crippen molar-refractivity contribution in [3.8, 4) is 10.6 Å². The first kappa shape index (κ1) is 11.7. The lowest BCUT2D eigenvalue weighted by atomic mass is 10.1. The molecule has 2 rings (SSSR count). The molecule has 0 N–H and O–H groups in total. The highest BCUT2D eigenvalue weighted by molar-refractivity contribution is 7.79. The van der Waals surface area contributed by atoms with Crippen LogP contribution in [0.25, 0.3) is 10.6 Å². The second-order valence-corrected chi connectivity index (χ2v) is 5.68. The monoisotopic (exact) mass is 279 g/mol. The summed E-state index contributed by atoms with van der Waals surface area (Å²) in [5.41, 5.74) is 0.000395. The molecule has 7 heteroatoms. The van der Waals surface area contributed by atoms with E-state index in [0.29, 0.717) is 14.5 Å². The van der Waals surface area contributed by atoms with Crippen LogP contribution in [-0.2, 0) is 6.18 Å². The fourth-order valence-electron chi connectivity index (χ4n) is 1.11. The van der Waals surface area contributed by atoms with Crippen LogP contribution in [0.15, 0.2) is 24.3 Å². The van der Waals surface area contributed by atoms with E-state index in [9.17, 15) is 13.2 Å². The van der Waals surface area contributed by atoms with Crippen molar-refractivity contribution in [2.45, 2.75) is 6.18 Å². The minimum atomic E-state index is -4.30. The Bertz CT molecular complexity index is 538. The van der Waals surface area contributed by atoms with E-state index in [1.807, 2.05) is 0 Å². The smallest absolute Gasteiger partial charge is 0.214 e. The number of alkyl halides is 3. The summed E-state index contributed by atoms with van der Waals surface area (Å²) in [4.78, 5) is 4.04. The zero-order valence-corrected chi connectivity index (χ0v) is 10.1. The van der Waals surface area contributed by atoms with E-state index >= 15 is 0 Å². The van der Waals surface area contributed by atoms with Crippen LogP contribution in [0, 0.1) is 3.95 Å². The van der Waals surface area contributed by atoms with Gasteiger partial charge in [0.15, 0.2) is 3.95 Å². The Morgan fingerprint density at radius 1 is 1.06 bits per heavy atom. The Balaban J connectivity index is 2.36. The van der Waals surface area contributed by atoms with Crippen molar-refractivity contribution in [3.05, 3.63) is 33.8 Å². The molecule has 0 radical (unpaired) electrons. The normalized spacial score (nSPS) is 11.7. The zero-order valence-electron chi connectivity index (χ0n) is 7.62. The van der Waals surface area contributed by atoms with E-state index in [1.165, 1.54) is 32.8 Å². The Hall–Kier alpha value is -0.790. The fraction of sp³-hybridized carbons (Fsp3) is 0.111. The van der Waals surface area contributed by atoms with Crippen molar-refractivity contribution in [2.24, 2.45) is 0 Å². The molecule has 1 heterocycles. The van der Waals surface area contributed by atoms with Crippen molar-refractivity contribution in [3.63, 3.8) is 0 Å². The van der Waals surface area contributed by atoms with E-state index in [2.05, 4.69) is 4.98 Å². The van der Waals surface area contributed by atoms with Crippen LogP contribution >= 0.6 is 32.9 Å². The van der Waals surface area contributed by atoms with Gasteiger partial charge in [0.05, 0.1) is 5.56 Å². The molecule has 1 aromatic carbocycles. The number of benzene rings is 1. The molecule has 0 aliphatic heterocycles. The Morgan fingerprint density at radius 3 is 2.12 bits per heavy atom. The Labute approximate surface area is 102 Å². The average molecular weight is 279 g/mol. The van der Waals surface area contributed by atoms with Crippen LogP contribution in [0.5, 0.6) is 0 Å². The van der Waals surface area contributed by atoms with Crippen molar-refractivity contribution in [2.75, 3.05) is 0 Å². The lowest BCUT2D eigenvalue weighted by molar-refractivity contribution is -0.137. The molecule has 0 amide bonds. The maximum atomic E-state index is 12.3. The van der Waals surface area contributed by atoms with Gasteiger partial charge in [-0.3, -0.25) is 0 Å². The van der Waals surface area contributed by atoms with E-state index in [1.54, 1.807) is 0 Å². The predicted molar refractivity (Wildman–Crippen MR) is 61.3 cm³/mol. The molecule has 0 aliphatic carbocycles. The Kier molecular flexibility index (Phi) is 3.09. The van der Waals surface area contributed by atoms with Crippen LogP contribution < -0.4 is 0 Å². The lowest BCUT2D eigenvalue weighted by Gasteiger charge is -2.06. The van der Waals surface area contributed by atoms with Crippen LogP contribution in [0.3, 0.4) is 0 Å². The molecule has 0 bridgehead atoms. The highest BCUT2D eigenvalue weighted by Gasteiger charge is 2.30. The number of nitrogens with zero attached hydrogens (tertiary/aromatic N) is 1. The second kappa shape index (κ2) is 4.23. The summed E-state index contributed by atoms with van der Waals surface area (Å²) in [5.74, 6) is 0. The third-order valence-corrected chi connectivity index (χ3v) is 4.50. The number of aromatic nitrogens is 1. The van der Waals surface area contributed by atoms with Gasteiger partial charge in [0, 0.05) is 5.56 Å². The minimum absolute atomic E-state index is 0.500. The fourth-order valence-corrected chi connectivity index (χ4v) is 3.23. The maximum absolute atomic E-state index is 12.3. The molecule has 2 aromatic rings. The van der Waals surface area contributed by atoms with Crippen molar-refractivity contribution in [1.29, 1.82) is 0 Å². The van der Waals surface area contributed by atoms with E-state index in [4.69, 9.17) is 12.2 Å². The molecule has 0 spiro atoms. The highest BCUT2D eigenvalue weighted by atomic mass is 32.9. The van der Waals surface area contributed by atoms with Crippen molar-refractivity contribution >= 4 is 32.9 Å². The summed E-state index contributed by atoms with van der Waals surface area (Å²) in [6, 6.07) is 4.90. The molecule has 84 valence electrons. The molecule has 0 saturated carbocycles. The first-order valence-corrected chi connectivity index (χ1v) is 6.67. The van der Waals surface area contributed by atoms with Crippen molar-refractivity contribution in [1.82, 2.24) is 4.98 Å². The van der Waals surface area contributed by atoms with Gasteiger partial charge in [0.2, 0.25) is 0 Å². The molecule has 0 saturated heterocycles. The quantitative estimate of drug-likeness (QED) is 0.558. The van der Waals surface area contributed by atoms with Gasteiger partial charge in [-0.05, 0) is 34.7 Å². The van der Waals surface area contributed by atoms with Gasteiger partial charge in [-0.15, -0.1) is 0 Å². The molecular formula is C9H4F3NS3. The summed E-state index contributed by atoms with van der Waals surface area (Å²) in [6.45, 7) is 0. The second-order valence-electron chi connectivity index (χ2n) is 2.92. The minimum Gasteiger partial charge on any atom is -0.214 e. The topological polar surface area (TPSA) is 12.9 Å². The van der Waals surface area contributed by atoms with Gasteiger partial charge in [0.25, 0.3) is 0 Å². The first-order chi connectivity index (χ1) is 7.47. The zero-order chi connectivity index (χ0) is 11.8. The number of hydrogen-bond acceptors (Lipinski definition) is 4. The van der Waals surface area contributed by atoms with E-state index in [0.717, 1.165) is 12.1 Å². The number of halogens is 3. The van der Waals surface area contributed by atoms with Crippen molar-refractivity contribution < 1.29 is 13.2 Å². The molecule has 16 heavy (non-hydrogen) atoms. The molecule has 0 unspecified atom stereocenters. The van der Waals surface area contributed by atoms with Gasteiger partial charge in [0.1, 0.15) is 5.01 Å². The summed E-state index contributed by atoms with van der Waals surface area (Å²) >= 11 is 4.86. The highest BCUT2D eigenvalue weighted by Crippen LogP contribution is 2.32. The lowest BCUT2D eigenvalue weighted by Crippen LogP contribution is -2.03. The number of rotatable bonds is 1. The SMILES string of the molecule is FC(F)(F)c1ccc(-c2nc(=S)ss2)cc1. The Morgan fingerprint density at radius 2 is 1.69 bits per heavy atom. The summed E-state index contributed by atoms with van der Waals surface area (Å²) < 4.78 is 37.4. The molecule has 0 atom stereocenters. The predicted octanol–water partition coefficient (Wildman–Crippen LogP) is 4.62. The maximum Gasteiger partial charge on any atom is 0.416 e. The summed E-state index contributed by atoms with van der Waals surface area (Å²) in [6.07, 6.45) is -4.30. The van der Waals surface area contributed by atoms with Crippen LogP contribution in [-0.4, -0.2) is 4.98 Å². The number of hydrogen-bond donors (Lipinski definition) is 0. The van der Waals surface area contributed by atoms with Gasteiger partial charge in [-0.25, -0.2) is 4.98 Å². The molecule has 1 nitrogen and oxygen atoms in total. The third kappa shape index (κ3) is 2.47. The third-order valence-electron chi connectivity index (χ3n) is 1.84. The largest absolute Gasteiger partial charge is 0.416 e. The van der Waals surface area contributed by atoms with Gasteiger partial charge in [-0.1, -0.05) is 22.5 Å². The molecule has 0 fully saturated rings. The summed E-state index contributed by atoms with van der Waals surface area (Å²) in [5, 5.41) is 0.656. The standard InChI is InChI=1S/C9H4F3NS3/c10-9(11,12)6-3-1-5(2-4-6)7-13-8(14)16-15-7/h1-4H. The summed E-state index contributed by atoms with van der Waals surface area (Å²) in [7, 11) is 2.69. The molecular weight excluding hydrogens is 275 g/mol. The van der Waals surface area contributed by atoms with E-state index < -0.39 is 11.7 Å². The van der Waals surface area contributed by atoms with Gasteiger partial charge in [-0.2, -0.15) is 13.2 Å². The van der Waals surface area contributed by atoms with Crippen LogP contribution in [0.1, 0.15) is 5.56 Å². The van der Waals surface area contributed by atoms with Gasteiger partial charge < -0.3 is 0 Å². The van der Waals surface area contributed by atoms with E-state index in [-0.39, 0.29) is 0 Å². The average Bonchev–Trinajstić information content (AvgIpc) is 2.64. The van der Waals surface area contributed by atoms with Crippen LogP contribution in [0.2, 0.25) is 0 Å².